The molecule has 1 atom stereocenters. The zero-order valence-corrected chi connectivity index (χ0v) is 9.73. The Morgan fingerprint density at radius 3 is 2.59 bits per heavy atom. The maximum absolute atomic E-state index is 11.6. The molecule has 0 radical (unpaired) electrons. The van der Waals surface area contributed by atoms with Crippen LogP contribution in [0.25, 0.3) is 0 Å². The molecule has 0 fully saturated rings. The molecule has 0 amide bonds. The third kappa shape index (κ3) is 2.95. The summed E-state index contributed by atoms with van der Waals surface area (Å²) in [4.78, 5) is 10.8. The molecule has 2 N–H and O–H groups in total. The number of carboxylic acids is 1. The zero-order chi connectivity index (χ0) is 13.1. The molecule has 0 aromatic heterocycles. The second-order valence-electron chi connectivity index (χ2n) is 3.27. The molecule has 0 saturated carbocycles. The minimum atomic E-state index is -3.89. The highest BCUT2D eigenvalue weighted by Crippen LogP contribution is 2.17. The van der Waals surface area contributed by atoms with Crippen LogP contribution >= 0.6 is 0 Å². The first-order chi connectivity index (χ1) is 7.88. The van der Waals surface area contributed by atoms with Crippen molar-refractivity contribution in [2.45, 2.75) is 12.2 Å². The van der Waals surface area contributed by atoms with Crippen LogP contribution in [-0.2, 0) is 10.0 Å². The number of hydrogen-bond acceptors (Lipinski definition) is 4. The molecule has 17 heavy (non-hydrogen) atoms. The first-order valence-electron chi connectivity index (χ1n) is 4.62. The van der Waals surface area contributed by atoms with Gasteiger partial charge in [0.25, 0.3) is 0 Å². The second kappa shape index (κ2) is 4.84. The molecule has 90 valence electrons. The number of hydrogen-bond donors (Lipinski definition) is 2. The largest absolute Gasteiger partial charge is 0.478 e. The van der Waals surface area contributed by atoms with Gasteiger partial charge in [-0.3, -0.25) is 4.72 Å². The Bertz CT molecular complexity index is 574. The van der Waals surface area contributed by atoms with Gasteiger partial charge in [-0.1, -0.05) is 12.1 Å². The quantitative estimate of drug-likeness (QED) is 0.834. The standard InChI is InChI=1S/C10H10N2O4S/c1-7(6-11)17(15,16)12-9-5-3-2-4-8(9)10(13)14/h2-5,7,12H,1H3,(H,13,14). The normalized spacial score (nSPS) is 12.5. The van der Waals surface area contributed by atoms with E-state index in [9.17, 15) is 13.2 Å². The van der Waals surface area contributed by atoms with Gasteiger partial charge in [-0.15, -0.1) is 0 Å². The molecule has 1 unspecified atom stereocenters. The molecule has 1 rings (SSSR count). The van der Waals surface area contributed by atoms with Crippen molar-refractivity contribution in [3.8, 4) is 6.07 Å². The molecular weight excluding hydrogens is 244 g/mol. The van der Waals surface area contributed by atoms with Gasteiger partial charge in [0.15, 0.2) is 5.25 Å². The number of anilines is 1. The van der Waals surface area contributed by atoms with Crippen molar-refractivity contribution in [1.82, 2.24) is 0 Å². The lowest BCUT2D eigenvalue weighted by molar-refractivity contribution is 0.0698. The summed E-state index contributed by atoms with van der Waals surface area (Å²) in [7, 11) is -3.89. The van der Waals surface area contributed by atoms with E-state index in [1.165, 1.54) is 31.2 Å². The van der Waals surface area contributed by atoms with Crippen LogP contribution in [0.4, 0.5) is 5.69 Å². The number of carboxylic acid groups (broad SMARTS) is 1. The summed E-state index contributed by atoms with van der Waals surface area (Å²) in [5, 5.41) is 16.1. The van der Waals surface area contributed by atoms with Crippen molar-refractivity contribution >= 4 is 21.7 Å². The van der Waals surface area contributed by atoms with E-state index in [1.807, 2.05) is 0 Å². The maximum atomic E-state index is 11.6. The van der Waals surface area contributed by atoms with Gasteiger partial charge in [-0.2, -0.15) is 5.26 Å². The molecule has 0 aliphatic rings. The SMILES string of the molecule is CC(C#N)S(=O)(=O)Nc1ccccc1C(=O)O. The number of nitrogens with one attached hydrogen (secondary N) is 1. The molecular formula is C10H10N2O4S. The van der Waals surface area contributed by atoms with Crippen molar-refractivity contribution < 1.29 is 18.3 Å². The Kier molecular flexibility index (Phi) is 3.70. The van der Waals surface area contributed by atoms with Gasteiger partial charge >= 0.3 is 5.97 Å². The van der Waals surface area contributed by atoms with Crippen molar-refractivity contribution in [3.05, 3.63) is 29.8 Å². The Morgan fingerprint density at radius 1 is 1.47 bits per heavy atom. The highest BCUT2D eigenvalue weighted by molar-refractivity contribution is 7.93. The molecule has 0 heterocycles. The fourth-order valence-electron chi connectivity index (χ4n) is 1.07. The highest BCUT2D eigenvalue weighted by Gasteiger charge is 2.22. The van der Waals surface area contributed by atoms with Gasteiger partial charge in [0, 0.05) is 0 Å². The number of benzene rings is 1. The molecule has 1 aromatic rings. The lowest BCUT2D eigenvalue weighted by Gasteiger charge is -2.11. The second-order valence-corrected chi connectivity index (χ2v) is 5.27. The monoisotopic (exact) mass is 254 g/mol. The van der Waals surface area contributed by atoms with E-state index in [0.717, 1.165) is 0 Å². The van der Waals surface area contributed by atoms with Crippen LogP contribution in [0.15, 0.2) is 24.3 Å². The van der Waals surface area contributed by atoms with Gasteiger partial charge < -0.3 is 5.11 Å². The molecule has 0 spiro atoms. The van der Waals surface area contributed by atoms with E-state index in [1.54, 1.807) is 6.07 Å². The lowest BCUT2D eigenvalue weighted by atomic mass is 10.2. The minimum absolute atomic E-state index is 0.0536. The summed E-state index contributed by atoms with van der Waals surface area (Å²) in [5.41, 5.74) is -0.219. The van der Waals surface area contributed by atoms with Crippen molar-refractivity contribution in [2.75, 3.05) is 4.72 Å². The summed E-state index contributed by atoms with van der Waals surface area (Å²) in [6.07, 6.45) is 0. The van der Waals surface area contributed by atoms with Gasteiger partial charge in [0.05, 0.1) is 17.3 Å². The van der Waals surface area contributed by atoms with Crippen LogP contribution in [-0.4, -0.2) is 24.7 Å². The molecule has 0 bridgehead atoms. The molecule has 7 heteroatoms. The van der Waals surface area contributed by atoms with Gasteiger partial charge in [-0.05, 0) is 19.1 Å². The van der Waals surface area contributed by atoms with Crippen molar-refractivity contribution in [3.63, 3.8) is 0 Å². The zero-order valence-electron chi connectivity index (χ0n) is 8.91. The van der Waals surface area contributed by atoms with Gasteiger partial charge in [-0.25, -0.2) is 13.2 Å². The van der Waals surface area contributed by atoms with Crippen LogP contribution in [0.3, 0.4) is 0 Å². The molecule has 0 aliphatic carbocycles. The first-order valence-corrected chi connectivity index (χ1v) is 6.16. The topological polar surface area (TPSA) is 107 Å². The number of rotatable bonds is 4. The Morgan fingerprint density at radius 2 is 2.06 bits per heavy atom. The number of nitriles is 1. The summed E-state index contributed by atoms with van der Waals surface area (Å²) in [5.74, 6) is -1.24. The molecule has 6 nitrogen and oxygen atoms in total. The summed E-state index contributed by atoms with van der Waals surface area (Å²) in [6, 6.07) is 7.16. The smallest absolute Gasteiger partial charge is 0.337 e. The highest BCUT2D eigenvalue weighted by atomic mass is 32.2. The number of nitrogens with zero attached hydrogens (tertiary/aromatic N) is 1. The predicted octanol–water partition coefficient (Wildman–Crippen LogP) is 1.04. The van der Waals surface area contributed by atoms with E-state index in [0.29, 0.717) is 0 Å². The van der Waals surface area contributed by atoms with E-state index in [4.69, 9.17) is 10.4 Å². The fourth-order valence-corrected chi connectivity index (χ4v) is 1.87. The summed E-state index contributed by atoms with van der Waals surface area (Å²) >= 11 is 0. The minimum Gasteiger partial charge on any atom is -0.478 e. The Labute approximate surface area is 98.6 Å². The summed E-state index contributed by atoms with van der Waals surface area (Å²) < 4.78 is 25.2. The first kappa shape index (κ1) is 13.0. The van der Waals surface area contributed by atoms with Gasteiger partial charge in [0.2, 0.25) is 10.0 Å². The molecule has 0 saturated heterocycles. The number of sulfonamides is 1. The van der Waals surface area contributed by atoms with E-state index in [-0.39, 0.29) is 11.3 Å². The number of carbonyl (C=O) groups is 1. The molecule has 0 aliphatic heterocycles. The average Bonchev–Trinajstić information content (AvgIpc) is 2.27. The van der Waals surface area contributed by atoms with Crippen LogP contribution < -0.4 is 4.72 Å². The average molecular weight is 254 g/mol. The van der Waals surface area contributed by atoms with E-state index >= 15 is 0 Å². The predicted molar refractivity (Wildman–Crippen MR) is 61.0 cm³/mol. The van der Waals surface area contributed by atoms with Crippen LogP contribution in [0, 0.1) is 11.3 Å². The lowest BCUT2D eigenvalue weighted by Crippen LogP contribution is -2.24. The Balaban J connectivity index is 3.13. The third-order valence-electron chi connectivity index (χ3n) is 2.06. The van der Waals surface area contributed by atoms with E-state index < -0.39 is 21.2 Å². The maximum Gasteiger partial charge on any atom is 0.337 e. The Hall–Kier alpha value is -2.07. The number of aromatic carboxylic acids is 1. The van der Waals surface area contributed by atoms with Crippen LogP contribution in [0.5, 0.6) is 0 Å². The molecule has 1 aromatic carbocycles. The number of para-hydroxylation sites is 1. The van der Waals surface area contributed by atoms with Crippen LogP contribution in [0.2, 0.25) is 0 Å². The van der Waals surface area contributed by atoms with Crippen molar-refractivity contribution in [2.24, 2.45) is 0 Å². The fraction of sp³-hybridized carbons (Fsp3) is 0.200. The van der Waals surface area contributed by atoms with E-state index in [2.05, 4.69) is 4.72 Å². The van der Waals surface area contributed by atoms with Crippen molar-refractivity contribution in [1.29, 1.82) is 5.26 Å². The van der Waals surface area contributed by atoms with Crippen LogP contribution in [0.1, 0.15) is 17.3 Å². The third-order valence-corrected chi connectivity index (χ3v) is 3.60. The van der Waals surface area contributed by atoms with Gasteiger partial charge in [0.1, 0.15) is 0 Å². The summed E-state index contributed by atoms with van der Waals surface area (Å²) in [6.45, 7) is 1.21.